The molecule has 2 bridgehead atoms. The minimum Gasteiger partial charge on any atom is -0.371 e. The lowest BCUT2D eigenvalue weighted by Crippen LogP contribution is -2.38. The number of allylic oxidation sites excluding steroid dienone is 2. The number of hydrogen-bond acceptors (Lipinski definition) is 5. The van der Waals surface area contributed by atoms with Gasteiger partial charge in [0.1, 0.15) is 0 Å². The highest BCUT2D eigenvalue weighted by atomic mass is 32.2. The minimum absolute atomic E-state index is 0.0219. The van der Waals surface area contributed by atoms with Gasteiger partial charge in [-0.25, -0.2) is 0 Å². The van der Waals surface area contributed by atoms with Crippen LogP contribution in [-0.4, -0.2) is 30.7 Å². The van der Waals surface area contributed by atoms with Crippen molar-refractivity contribution in [1.82, 2.24) is 5.06 Å². The van der Waals surface area contributed by atoms with Crippen molar-refractivity contribution in [2.24, 2.45) is 23.7 Å². The van der Waals surface area contributed by atoms with Gasteiger partial charge in [0.15, 0.2) is 6.23 Å². The van der Waals surface area contributed by atoms with Crippen molar-refractivity contribution >= 4 is 16.0 Å². The Morgan fingerprint density at radius 3 is 2.31 bits per heavy atom. The number of aliphatic hydroxyl groups excluding tert-OH is 1. The lowest BCUT2D eigenvalue weighted by Gasteiger charge is -2.23. The first-order valence-corrected chi connectivity index (χ1v) is 9.32. The van der Waals surface area contributed by atoms with E-state index in [1.807, 2.05) is 12.2 Å². The number of alkyl halides is 3. The first-order valence-electron chi connectivity index (χ1n) is 7.91. The number of fused-ring (bicyclic) bond motifs is 5. The van der Waals surface area contributed by atoms with E-state index in [4.69, 9.17) is 4.28 Å². The summed E-state index contributed by atoms with van der Waals surface area (Å²) in [5, 5.41) is 10.8. The van der Waals surface area contributed by atoms with E-state index in [2.05, 4.69) is 0 Å². The predicted molar refractivity (Wildman–Crippen MR) is 80.3 cm³/mol. The van der Waals surface area contributed by atoms with E-state index >= 15 is 0 Å². The highest BCUT2D eigenvalue weighted by Crippen LogP contribution is 2.54. The van der Waals surface area contributed by atoms with Crippen molar-refractivity contribution in [1.29, 1.82) is 0 Å². The zero-order valence-corrected chi connectivity index (χ0v) is 13.9. The number of carbonyl (C=O) groups excluding carboxylic acids is 1. The molecular weight excluding hydrogens is 375 g/mol. The van der Waals surface area contributed by atoms with Crippen LogP contribution in [0.5, 0.6) is 0 Å². The molecule has 1 amide bonds. The normalized spacial score (nSPS) is 33.2. The predicted octanol–water partition coefficient (Wildman–Crippen LogP) is 1.92. The number of hydroxylamine groups is 2. The van der Waals surface area contributed by atoms with Crippen LogP contribution in [0.1, 0.15) is 12.0 Å². The van der Waals surface area contributed by atoms with Crippen LogP contribution < -0.4 is 0 Å². The summed E-state index contributed by atoms with van der Waals surface area (Å²) in [7, 11) is -4.56. The second kappa shape index (κ2) is 5.54. The monoisotopic (exact) mass is 389 g/mol. The molecule has 3 aliphatic rings. The van der Waals surface area contributed by atoms with Crippen molar-refractivity contribution < 1.29 is 35.8 Å². The molecule has 0 aromatic heterocycles. The molecule has 1 saturated carbocycles. The molecule has 2 aliphatic carbocycles. The van der Waals surface area contributed by atoms with Crippen LogP contribution in [0.25, 0.3) is 0 Å². The molecule has 1 aromatic rings. The fourth-order valence-corrected chi connectivity index (χ4v) is 5.02. The number of nitrogens with zero attached hydrogens (tertiary/aromatic N) is 1. The number of benzene rings is 1. The van der Waals surface area contributed by atoms with Crippen LogP contribution >= 0.6 is 0 Å². The van der Waals surface area contributed by atoms with Gasteiger partial charge in [-0.05, 0) is 42.5 Å². The first kappa shape index (κ1) is 17.5. The zero-order valence-electron chi connectivity index (χ0n) is 13.1. The molecule has 1 aromatic carbocycles. The fourth-order valence-electron chi connectivity index (χ4n) is 4.09. The van der Waals surface area contributed by atoms with E-state index in [1.165, 1.54) is 0 Å². The molecule has 0 radical (unpaired) electrons. The van der Waals surface area contributed by atoms with Crippen LogP contribution in [0.15, 0.2) is 41.3 Å². The summed E-state index contributed by atoms with van der Waals surface area (Å²) in [5.74, 6) is -1.70. The van der Waals surface area contributed by atoms with Crippen molar-refractivity contribution in [3.05, 3.63) is 42.0 Å². The summed E-state index contributed by atoms with van der Waals surface area (Å²) in [6, 6.07) is 2.71. The van der Waals surface area contributed by atoms with Crippen molar-refractivity contribution in [2.75, 3.05) is 0 Å². The number of hydrogen-bond donors (Lipinski definition) is 1. The smallest absolute Gasteiger partial charge is 0.371 e. The average Bonchev–Trinajstić information content (AvgIpc) is 3.24. The second-order valence-corrected chi connectivity index (χ2v) is 8.21. The minimum atomic E-state index is -4.60. The van der Waals surface area contributed by atoms with Crippen LogP contribution in [-0.2, 0) is 25.4 Å². The van der Waals surface area contributed by atoms with E-state index < -0.39 is 50.7 Å². The highest BCUT2D eigenvalue weighted by Gasteiger charge is 2.60. The third kappa shape index (κ3) is 2.55. The third-order valence-corrected chi connectivity index (χ3v) is 6.46. The molecule has 10 heteroatoms. The number of rotatable bonds is 3. The van der Waals surface area contributed by atoms with Gasteiger partial charge in [-0.15, -0.1) is 4.28 Å². The Morgan fingerprint density at radius 1 is 1.12 bits per heavy atom. The van der Waals surface area contributed by atoms with E-state index in [1.54, 1.807) is 0 Å². The Balaban J connectivity index is 1.56. The molecular formula is C16H14F3NO5S. The molecule has 6 nitrogen and oxygen atoms in total. The molecule has 1 aliphatic heterocycles. The Labute approximate surface area is 146 Å². The maximum atomic E-state index is 12.6. The lowest BCUT2D eigenvalue weighted by atomic mass is 9.85. The molecule has 1 N–H and O–H groups in total. The average molecular weight is 389 g/mol. The van der Waals surface area contributed by atoms with Gasteiger partial charge in [0.2, 0.25) is 0 Å². The number of aliphatic hydroxyl groups is 1. The van der Waals surface area contributed by atoms with Gasteiger partial charge in [-0.1, -0.05) is 12.2 Å². The fraction of sp³-hybridized carbons (Fsp3) is 0.438. The van der Waals surface area contributed by atoms with Crippen molar-refractivity contribution in [3.8, 4) is 0 Å². The van der Waals surface area contributed by atoms with Gasteiger partial charge in [0.05, 0.1) is 16.4 Å². The summed E-state index contributed by atoms with van der Waals surface area (Å²) >= 11 is 0. The van der Waals surface area contributed by atoms with Gasteiger partial charge in [0.25, 0.3) is 5.91 Å². The summed E-state index contributed by atoms with van der Waals surface area (Å²) in [4.78, 5) is 11.9. The van der Waals surface area contributed by atoms with Crippen LogP contribution in [0.2, 0.25) is 0 Å². The van der Waals surface area contributed by atoms with Crippen LogP contribution in [0.4, 0.5) is 13.2 Å². The van der Waals surface area contributed by atoms with Gasteiger partial charge in [-0.3, -0.25) is 4.79 Å². The number of halogens is 3. The molecule has 4 unspecified atom stereocenters. The highest BCUT2D eigenvalue weighted by molar-refractivity contribution is 7.86. The van der Waals surface area contributed by atoms with Gasteiger partial charge < -0.3 is 5.11 Å². The first-order chi connectivity index (χ1) is 12.1. The zero-order chi connectivity index (χ0) is 18.9. The summed E-state index contributed by atoms with van der Waals surface area (Å²) in [6.45, 7) is 0. The molecule has 5 atom stereocenters. The largest absolute Gasteiger partial charge is 0.416 e. The summed E-state index contributed by atoms with van der Waals surface area (Å²) in [6.07, 6.45) is -1.51. The Kier molecular flexibility index (Phi) is 3.73. The van der Waals surface area contributed by atoms with Crippen LogP contribution in [0.3, 0.4) is 0 Å². The molecule has 1 saturated heterocycles. The lowest BCUT2D eigenvalue weighted by molar-refractivity contribution is -0.181. The molecule has 26 heavy (non-hydrogen) atoms. The van der Waals surface area contributed by atoms with Crippen LogP contribution in [0, 0.1) is 23.7 Å². The van der Waals surface area contributed by atoms with E-state index in [0.717, 1.165) is 18.6 Å². The Bertz CT molecular complexity index is 880. The number of amides is 1. The third-order valence-electron chi connectivity index (χ3n) is 5.26. The molecule has 2 fully saturated rings. The van der Waals surface area contributed by atoms with E-state index in [-0.39, 0.29) is 11.8 Å². The maximum Gasteiger partial charge on any atom is 0.416 e. The molecule has 1 heterocycles. The quantitative estimate of drug-likeness (QED) is 0.799. The molecule has 140 valence electrons. The Hall–Kier alpha value is -1.91. The second-order valence-electron chi connectivity index (χ2n) is 6.68. The van der Waals surface area contributed by atoms with Gasteiger partial charge in [-0.2, -0.15) is 26.7 Å². The van der Waals surface area contributed by atoms with E-state index in [0.29, 0.717) is 17.2 Å². The molecule has 0 spiro atoms. The van der Waals surface area contributed by atoms with Crippen molar-refractivity contribution in [2.45, 2.75) is 23.7 Å². The SMILES string of the molecule is O=C1C2C3C=C[C@@H](C3)C2C(O)N1OS(=O)(=O)c1ccc(C(F)(F)F)cc1. The summed E-state index contributed by atoms with van der Waals surface area (Å²) in [5.41, 5.74) is -1.01. The molecule has 4 rings (SSSR count). The number of carbonyl (C=O) groups is 1. The standard InChI is InChI=1S/C16H14F3NO5S/c17-16(18,19)10-3-5-11(6-4-10)26(23,24)25-20-14(21)12-8-1-2-9(7-8)13(12)15(20)22/h1-6,8-9,12-14,21H,7H2/t8-,9?,12?,13?,14?/m0/s1. The maximum absolute atomic E-state index is 12.6. The van der Waals surface area contributed by atoms with Gasteiger partial charge in [0, 0.05) is 5.92 Å². The Morgan fingerprint density at radius 2 is 1.73 bits per heavy atom. The topological polar surface area (TPSA) is 83.9 Å². The van der Waals surface area contributed by atoms with E-state index in [9.17, 15) is 31.5 Å². The van der Waals surface area contributed by atoms with Gasteiger partial charge >= 0.3 is 16.3 Å². The summed E-state index contributed by atoms with van der Waals surface area (Å²) < 4.78 is 67.2. The van der Waals surface area contributed by atoms with Crippen molar-refractivity contribution in [3.63, 3.8) is 0 Å².